The van der Waals surface area contributed by atoms with Crippen LogP contribution in [-0.2, 0) is 59.1 Å². The topological polar surface area (TPSA) is 562 Å². The third-order valence-electron chi connectivity index (χ3n) is 21.0. The van der Waals surface area contributed by atoms with Gasteiger partial charge in [-0.05, 0) is 145 Å². The minimum absolute atomic E-state index is 0.0453. The Morgan fingerprint density at radius 1 is 0.697 bits per heavy atom. The Morgan fingerprint density at radius 3 is 1.97 bits per heavy atom. The van der Waals surface area contributed by atoms with E-state index in [0.717, 1.165) is 60.7 Å². The van der Waals surface area contributed by atoms with Crippen LogP contribution in [-0.4, -0.2) is 203 Å². The summed E-state index contributed by atoms with van der Waals surface area (Å²) in [6.07, 6.45) is -16.5. The molecule has 0 spiro atoms. The number of anilines is 1. The summed E-state index contributed by atoms with van der Waals surface area (Å²) in [7, 11) is 1.47. The maximum absolute atomic E-state index is 16.3. The van der Waals surface area contributed by atoms with Crippen molar-refractivity contribution in [2.24, 2.45) is 11.7 Å². The molecule has 11 bridgehead atoms. The molecular weight excluding hydrogens is 1680 g/mol. The van der Waals surface area contributed by atoms with Gasteiger partial charge in [0.05, 0.1) is 46.9 Å². The van der Waals surface area contributed by atoms with Gasteiger partial charge in [0.1, 0.15) is 95.5 Å². The first-order valence-corrected chi connectivity index (χ1v) is 39.9. The molecule has 0 saturated carbocycles. The van der Waals surface area contributed by atoms with Gasteiger partial charge in [0, 0.05) is 70.4 Å². The second kappa shape index (κ2) is 38.3. The highest BCUT2D eigenvalue weighted by Gasteiger charge is 2.52. The molecule has 18 atom stereocenters. The molecule has 650 valence electrons. The van der Waals surface area contributed by atoms with Crippen LogP contribution in [0.5, 0.6) is 46.0 Å². The zero-order valence-electron chi connectivity index (χ0n) is 65.8. The summed E-state index contributed by atoms with van der Waals surface area (Å²) in [5, 5.41) is 130. The van der Waals surface area contributed by atoms with E-state index in [1.165, 1.54) is 62.8 Å². The molecule has 6 aromatic carbocycles. The molecule has 8 heterocycles. The number of primary amides is 1. The average molecular weight is 1770 g/mol. The van der Waals surface area contributed by atoms with E-state index in [0.29, 0.717) is 11.3 Å². The molecule has 7 aliphatic rings. The van der Waals surface area contributed by atoms with Gasteiger partial charge in [0.2, 0.25) is 53.4 Å². The number of benzene rings is 6. The highest BCUT2D eigenvalue weighted by molar-refractivity contribution is 6.35. The van der Waals surface area contributed by atoms with E-state index < -0.39 is 237 Å². The number of amides is 9. The Hall–Kier alpha value is -10.8. The maximum atomic E-state index is 16.3. The number of hydrogen-bond donors (Lipinski definition) is 21. The number of aromatic hydroxyl groups is 3. The number of fused-ring (bicyclic) bond motifs is 15. The molecule has 7 aliphatic heterocycles. The highest BCUT2D eigenvalue weighted by atomic mass is 35.5. The molecule has 122 heavy (non-hydrogen) atoms. The number of nitrogens with zero attached hydrogens (tertiary/aromatic N) is 1. The van der Waals surface area contributed by atoms with Crippen molar-refractivity contribution >= 4 is 105 Å². The van der Waals surface area contributed by atoms with Crippen molar-refractivity contribution in [2.75, 3.05) is 25.5 Å². The van der Waals surface area contributed by atoms with Gasteiger partial charge in [-0.15, -0.1) is 0 Å². The maximum Gasteiger partial charge on any atom is 0.261 e. The molecule has 41 heteroatoms. The summed E-state index contributed by atoms with van der Waals surface area (Å²) in [4.78, 5) is 138. The molecule has 2 fully saturated rings. The number of aliphatic hydroxyl groups is 6. The van der Waals surface area contributed by atoms with Crippen LogP contribution in [0.4, 0.5) is 5.69 Å². The molecule has 9 amide bonds. The van der Waals surface area contributed by atoms with Crippen molar-refractivity contribution in [3.05, 3.63) is 175 Å². The van der Waals surface area contributed by atoms with Crippen LogP contribution in [0.25, 0.3) is 11.1 Å². The number of nitrogens with two attached hydrogens (primary N) is 1. The molecule has 7 aromatic rings. The lowest BCUT2D eigenvalue weighted by atomic mass is 9.84. The zero-order valence-corrected chi connectivity index (χ0v) is 68.8. The van der Waals surface area contributed by atoms with E-state index in [1.807, 2.05) is 13.8 Å². The van der Waals surface area contributed by atoms with E-state index in [9.17, 15) is 65.1 Å². The SMILES string of the molecule is CCNNC(=O)C1NC(=O)C2NC(=O)C(NC(=O)C3NC(=O)C(CC(N)=O)NC(=O)C(NC(=O)C(CC(C)C)NC)C(O)c4ccc(c(Cl)c4)Oc4cc3cc(c4OC3OC(CO)C(O)C(O)C3OC3CC(C)(NCc4cncc(C(=O)Nc5cc(Cl)cc(Cl)c5)c4)C(O)C(C)O3)Oc3ccc(cc3Cl)C2O)c2ccc(O)c(c2)-c2c(O)cc(O)cc21. The summed E-state index contributed by atoms with van der Waals surface area (Å²) in [6, 6.07) is 5.99. The molecule has 14 rings (SSSR count). The molecule has 37 nitrogen and oxygen atoms in total. The van der Waals surface area contributed by atoms with Gasteiger partial charge in [-0.2, -0.15) is 0 Å². The number of phenols is 3. The quantitative estimate of drug-likeness (QED) is 0.0486. The minimum atomic E-state index is -2.38. The Labute approximate surface area is 715 Å². The van der Waals surface area contributed by atoms with E-state index >= 15 is 24.0 Å². The lowest BCUT2D eigenvalue weighted by molar-refractivity contribution is -0.334. The minimum Gasteiger partial charge on any atom is -0.508 e. The molecule has 0 aliphatic carbocycles. The number of carbonyl (C=O) groups excluding carboxylic acids is 9. The van der Waals surface area contributed by atoms with Crippen LogP contribution in [0.3, 0.4) is 0 Å². The number of hydrazine groups is 1. The second-order valence-electron chi connectivity index (χ2n) is 30.4. The fourth-order valence-corrected chi connectivity index (χ4v) is 15.7. The number of nitrogens with one attached hydrogen (secondary N) is 11. The molecule has 0 radical (unpaired) electrons. The Balaban J connectivity index is 1.03. The summed E-state index contributed by atoms with van der Waals surface area (Å²) < 4.78 is 39.5. The monoisotopic (exact) mass is 1770 g/mol. The van der Waals surface area contributed by atoms with Crippen molar-refractivity contribution in [3.8, 4) is 57.1 Å². The zero-order chi connectivity index (χ0) is 88.2. The number of aromatic nitrogens is 1. The van der Waals surface area contributed by atoms with Crippen LogP contribution >= 0.6 is 46.4 Å². The molecule has 22 N–H and O–H groups in total. The van der Waals surface area contributed by atoms with Crippen molar-refractivity contribution in [1.29, 1.82) is 0 Å². The van der Waals surface area contributed by atoms with Crippen LogP contribution in [0.15, 0.2) is 116 Å². The lowest BCUT2D eigenvalue weighted by Crippen LogP contribution is -2.65. The van der Waals surface area contributed by atoms with E-state index in [-0.39, 0.29) is 80.5 Å². The van der Waals surface area contributed by atoms with E-state index in [1.54, 1.807) is 19.9 Å². The van der Waals surface area contributed by atoms with Gasteiger partial charge >= 0.3 is 0 Å². The number of likely N-dealkylation sites (N-methyl/N-ethyl adjacent to an activating group) is 1. The molecule has 1 aromatic heterocycles. The smallest absolute Gasteiger partial charge is 0.261 e. The number of phenolic OH excluding ortho intramolecular Hbond substituents is 3. The van der Waals surface area contributed by atoms with E-state index in [2.05, 4.69) is 63.7 Å². The van der Waals surface area contributed by atoms with E-state index in [4.69, 9.17) is 80.6 Å². The summed E-state index contributed by atoms with van der Waals surface area (Å²) >= 11 is 26.8. The van der Waals surface area contributed by atoms with Crippen molar-refractivity contribution in [2.45, 2.75) is 170 Å². The molecule has 2 saturated heterocycles. The van der Waals surface area contributed by atoms with Crippen molar-refractivity contribution < 1.29 is 118 Å². The first-order chi connectivity index (χ1) is 57.9. The van der Waals surface area contributed by atoms with Crippen LogP contribution in [0.2, 0.25) is 20.1 Å². The summed E-state index contributed by atoms with van der Waals surface area (Å²) in [5.41, 5.74) is 7.83. The normalized spacial score (nSPS) is 26.3. The lowest BCUT2D eigenvalue weighted by Gasteiger charge is -2.48. The first-order valence-electron chi connectivity index (χ1n) is 38.4. The average Bonchev–Trinajstić information content (AvgIpc) is 0.777. The number of ether oxygens (including phenoxy) is 6. The van der Waals surface area contributed by atoms with Gasteiger partial charge in [0.15, 0.2) is 23.9 Å². The highest BCUT2D eigenvalue weighted by Crippen LogP contribution is 2.50. The second-order valence-corrected chi connectivity index (χ2v) is 32.0. The number of rotatable bonds is 20. The van der Waals surface area contributed by atoms with Crippen molar-refractivity contribution in [1.82, 2.24) is 58.4 Å². The third-order valence-corrected chi connectivity index (χ3v) is 22.0. The van der Waals surface area contributed by atoms with Gasteiger partial charge in [-0.3, -0.25) is 53.6 Å². The number of carbonyl (C=O) groups is 9. The summed E-state index contributed by atoms with van der Waals surface area (Å²) in [6.45, 7) is 7.44. The van der Waals surface area contributed by atoms with Crippen LogP contribution < -0.4 is 78.6 Å². The van der Waals surface area contributed by atoms with Crippen LogP contribution in [0.1, 0.15) is 128 Å². The Morgan fingerprint density at radius 2 is 1.34 bits per heavy atom. The molecular formula is C81H89Cl4N13O24. The van der Waals surface area contributed by atoms with Crippen molar-refractivity contribution in [3.63, 3.8) is 0 Å². The largest absolute Gasteiger partial charge is 0.508 e. The Kier molecular flexibility index (Phi) is 28.4. The van der Waals surface area contributed by atoms with Gasteiger partial charge < -0.3 is 128 Å². The fraction of sp³-hybridized carbons (Fsp3) is 0.383. The summed E-state index contributed by atoms with van der Waals surface area (Å²) in [5.74, 6) is -15.6. The molecule has 18 unspecified atom stereocenters. The predicted octanol–water partition coefficient (Wildman–Crippen LogP) is 3.45. The predicted molar refractivity (Wildman–Crippen MR) is 435 cm³/mol. The number of aliphatic hydroxyl groups excluding tert-OH is 6. The first kappa shape index (κ1) is 90.4. The number of pyridine rings is 1. The third kappa shape index (κ3) is 20.3. The van der Waals surface area contributed by atoms with Crippen LogP contribution in [0, 0.1) is 5.92 Å². The number of hydrogen-bond acceptors (Lipinski definition) is 28. The van der Waals surface area contributed by atoms with Gasteiger partial charge in [0.25, 0.3) is 11.8 Å². The number of halogens is 4. The van der Waals surface area contributed by atoms with Gasteiger partial charge in [-0.25, -0.2) is 5.43 Å². The van der Waals surface area contributed by atoms with Gasteiger partial charge in [-0.1, -0.05) is 85.4 Å². The fourth-order valence-electron chi connectivity index (χ4n) is 14.7. The Bertz CT molecular complexity index is 5180. The standard InChI is InChI=1S/C81H89Cl4N13O24/c1-7-90-98-79(116)62-45-24-43(100)25-51(102)59(45)44-16-35(8-11-50(44)101)60-75(112)97-64(78(115)95-62)66(105)37-10-13-53(47(85)18-37)119-55-20-38-19-54(118-52-12-9-36(17-46(52)84)65(104)63(96-73(110)48(87-6)14-32(2)3)77(114)92-49(26-57(86)103)74(111)93-61(38)76(113)94-60)69(55)122-80-70(68(107)67(106)56(31-99)120-80)121-58-27-81(5,71(108)33(4)117-58)89-29-34-15-39(30-88-28-34)72(109)91-42-22-40(82)21-41(83)23-42/h8-13,15-25,28,30,32-33,48-49,56,58,60-68,70-71,80,87,89-90,99-102,104-108H,7,14,26-27,29,31H2,1-6H3,(H2,86,103)(H,91,109)(H,92,114)(H,93,111)(H,94,113)(H,95,115)(H,96,110)(H,97,112)(H,98,116).